The van der Waals surface area contributed by atoms with E-state index in [0.29, 0.717) is 17.7 Å². The van der Waals surface area contributed by atoms with Gasteiger partial charge in [0, 0.05) is 41.6 Å². The lowest BCUT2D eigenvalue weighted by Crippen LogP contribution is -2.71. The number of Topliss-reactive ketones (excluding diaryl/α,β-unsaturated/α-hetero) is 3. The molecule has 1 saturated heterocycles. The lowest BCUT2D eigenvalue weighted by Gasteiger charge is -2.59. The summed E-state index contributed by atoms with van der Waals surface area (Å²) in [6.07, 6.45) is -2.50. The quantitative estimate of drug-likeness (QED) is 0.420. The summed E-state index contributed by atoms with van der Waals surface area (Å²) in [4.78, 5) is 55.2. The number of ketones is 3. The number of hydrogen-bond donors (Lipinski definition) is 2. The van der Waals surface area contributed by atoms with Gasteiger partial charge < -0.3 is 20.3 Å². The van der Waals surface area contributed by atoms with Crippen LogP contribution in [0.25, 0.3) is 0 Å². The van der Waals surface area contributed by atoms with Gasteiger partial charge in [0.05, 0.1) is 23.8 Å². The van der Waals surface area contributed by atoms with Crippen molar-refractivity contribution in [3.05, 3.63) is 47.2 Å². The number of morpholine rings is 1. The van der Waals surface area contributed by atoms with Crippen molar-refractivity contribution in [2.45, 2.75) is 68.7 Å². The minimum atomic E-state index is -1.93. The van der Waals surface area contributed by atoms with Crippen molar-refractivity contribution >= 4 is 23.3 Å². The Hall–Kier alpha value is -2.98. The van der Waals surface area contributed by atoms with Crippen LogP contribution in [-0.4, -0.2) is 84.9 Å². The number of amides is 1. The predicted molar refractivity (Wildman–Crippen MR) is 137 cm³/mol. The van der Waals surface area contributed by atoms with E-state index in [0.717, 1.165) is 19.4 Å². The van der Waals surface area contributed by atoms with Gasteiger partial charge in [0.1, 0.15) is 12.3 Å². The maximum Gasteiger partial charge on any atom is 0.256 e. The molecule has 9 atom stereocenters. The molecule has 6 rings (SSSR count). The van der Waals surface area contributed by atoms with Crippen LogP contribution in [0.2, 0.25) is 0 Å². The molecule has 0 spiro atoms. The third-order valence-electron chi connectivity index (χ3n) is 9.24. The molecular formula is C29H33F2N3O5. The SMILES string of the molecule is CNCCCCNC(=O)C1=CN2C3CC4C(=O)c5ccccc5C(=O)C4CC3OC3C(F)C(F)CC(C1=O)C32. The molecule has 3 aliphatic carbocycles. The van der Waals surface area contributed by atoms with Crippen LogP contribution in [0.1, 0.15) is 52.8 Å². The molecular weight excluding hydrogens is 508 g/mol. The zero-order valence-corrected chi connectivity index (χ0v) is 21.8. The number of hydrogen-bond acceptors (Lipinski definition) is 7. The van der Waals surface area contributed by atoms with Crippen LogP contribution in [0.15, 0.2) is 36.0 Å². The van der Waals surface area contributed by atoms with Gasteiger partial charge in [0.15, 0.2) is 23.5 Å². The maximum atomic E-state index is 15.2. The first-order valence-corrected chi connectivity index (χ1v) is 13.9. The van der Waals surface area contributed by atoms with Crippen molar-refractivity contribution in [1.29, 1.82) is 0 Å². The highest BCUT2D eigenvalue weighted by atomic mass is 19.2. The largest absolute Gasteiger partial charge is 0.367 e. The molecule has 0 radical (unpaired) electrons. The van der Waals surface area contributed by atoms with Crippen LogP contribution in [0.4, 0.5) is 8.78 Å². The Bertz CT molecular complexity index is 1240. The standard InChI is InChI=1S/C29H33F2N3O5/c1-32-8-4-5-9-33-29(38)19-13-34-21-11-16-17(26(36)15-7-3-2-6-14(15)25(16)35)12-22(21)39-28-23(31)20(30)10-18(24(28)34)27(19)37/h2-3,6-7,13,16-18,20-24,28,32H,4-5,8-12H2,1H3,(H,33,38). The fraction of sp³-hybridized carbons (Fsp3) is 0.586. The molecule has 9 unspecified atom stereocenters. The van der Waals surface area contributed by atoms with Gasteiger partial charge in [-0.15, -0.1) is 0 Å². The van der Waals surface area contributed by atoms with Crippen LogP contribution in [-0.2, 0) is 14.3 Å². The van der Waals surface area contributed by atoms with Crippen molar-refractivity contribution < 1.29 is 32.7 Å². The van der Waals surface area contributed by atoms with E-state index in [1.807, 2.05) is 7.05 Å². The van der Waals surface area contributed by atoms with Gasteiger partial charge in [-0.2, -0.15) is 0 Å². The number of ether oxygens (including phenoxy) is 1. The van der Waals surface area contributed by atoms with Gasteiger partial charge in [0.25, 0.3) is 5.91 Å². The number of nitrogens with one attached hydrogen (secondary N) is 2. The second-order valence-electron chi connectivity index (χ2n) is 11.4. The molecule has 0 aromatic heterocycles. The maximum absolute atomic E-state index is 15.2. The molecule has 2 aliphatic heterocycles. The van der Waals surface area contributed by atoms with Crippen LogP contribution >= 0.6 is 0 Å². The lowest BCUT2D eigenvalue weighted by atomic mass is 9.63. The monoisotopic (exact) mass is 541 g/mol. The van der Waals surface area contributed by atoms with E-state index in [1.54, 1.807) is 29.2 Å². The molecule has 2 N–H and O–H groups in total. The first kappa shape index (κ1) is 26.3. The summed E-state index contributed by atoms with van der Waals surface area (Å²) in [6.45, 7) is 1.19. The van der Waals surface area contributed by atoms with Crippen LogP contribution in [0.5, 0.6) is 0 Å². The zero-order chi connectivity index (χ0) is 27.4. The highest BCUT2D eigenvalue weighted by Crippen LogP contribution is 2.50. The Morgan fingerprint density at radius 2 is 1.62 bits per heavy atom. The van der Waals surface area contributed by atoms with E-state index in [9.17, 15) is 23.6 Å². The van der Waals surface area contributed by atoms with Crippen molar-refractivity contribution in [3.8, 4) is 0 Å². The number of carbonyl (C=O) groups is 4. The second-order valence-corrected chi connectivity index (χ2v) is 11.4. The molecule has 5 aliphatic rings. The topological polar surface area (TPSA) is 105 Å². The van der Waals surface area contributed by atoms with Gasteiger partial charge in [0.2, 0.25) is 0 Å². The summed E-state index contributed by atoms with van der Waals surface area (Å²) in [5.41, 5.74) is 0.712. The Labute approximate surface area is 225 Å². The minimum absolute atomic E-state index is 0.0766. The number of benzene rings is 1. The van der Waals surface area contributed by atoms with E-state index < -0.39 is 66.1 Å². The second kappa shape index (κ2) is 10.2. The van der Waals surface area contributed by atoms with Crippen LogP contribution < -0.4 is 10.6 Å². The van der Waals surface area contributed by atoms with Crippen molar-refractivity contribution in [2.75, 3.05) is 20.1 Å². The highest BCUT2D eigenvalue weighted by molar-refractivity contribution is 6.20. The van der Waals surface area contributed by atoms with E-state index >= 15 is 4.39 Å². The van der Waals surface area contributed by atoms with Gasteiger partial charge in [-0.3, -0.25) is 19.2 Å². The highest BCUT2D eigenvalue weighted by Gasteiger charge is 2.61. The molecule has 208 valence electrons. The van der Waals surface area contributed by atoms with Gasteiger partial charge in [-0.25, -0.2) is 8.78 Å². The van der Waals surface area contributed by atoms with Crippen molar-refractivity contribution in [2.24, 2.45) is 17.8 Å². The van der Waals surface area contributed by atoms with Gasteiger partial charge in [-0.1, -0.05) is 24.3 Å². The molecule has 8 nitrogen and oxygen atoms in total. The number of nitrogens with zero attached hydrogens (tertiary/aromatic N) is 1. The lowest BCUT2D eigenvalue weighted by molar-refractivity contribution is -0.214. The summed E-state index contributed by atoms with van der Waals surface area (Å²) in [5, 5.41) is 5.83. The fourth-order valence-corrected chi connectivity index (χ4v) is 7.34. The number of fused-ring (bicyclic) bond motifs is 4. The average Bonchev–Trinajstić information content (AvgIpc) is 2.94. The van der Waals surface area contributed by atoms with Gasteiger partial charge in [-0.05, 0) is 45.7 Å². The molecule has 1 amide bonds. The third kappa shape index (κ3) is 4.23. The van der Waals surface area contributed by atoms with Crippen molar-refractivity contribution in [1.82, 2.24) is 15.5 Å². The average molecular weight is 542 g/mol. The van der Waals surface area contributed by atoms with Gasteiger partial charge >= 0.3 is 0 Å². The fourth-order valence-electron chi connectivity index (χ4n) is 7.34. The van der Waals surface area contributed by atoms with Crippen molar-refractivity contribution in [3.63, 3.8) is 0 Å². The molecule has 2 saturated carbocycles. The molecule has 2 heterocycles. The number of halogens is 2. The first-order valence-electron chi connectivity index (χ1n) is 13.9. The van der Waals surface area contributed by atoms with E-state index in [4.69, 9.17) is 4.74 Å². The Morgan fingerprint density at radius 1 is 0.949 bits per heavy atom. The first-order chi connectivity index (χ1) is 18.8. The smallest absolute Gasteiger partial charge is 0.256 e. The van der Waals surface area contributed by atoms with Crippen LogP contribution in [0.3, 0.4) is 0 Å². The summed E-state index contributed by atoms with van der Waals surface area (Å²) >= 11 is 0. The summed E-state index contributed by atoms with van der Waals surface area (Å²) in [7, 11) is 1.84. The summed E-state index contributed by atoms with van der Waals surface area (Å²) < 4.78 is 36.3. The van der Waals surface area contributed by atoms with Crippen LogP contribution in [0, 0.1) is 17.8 Å². The molecule has 10 heteroatoms. The summed E-state index contributed by atoms with van der Waals surface area (Å²) in [5.74, 6) is -3.41. The molecule has 0 bridgehead atoms. The Morgan fingerprint density at radius 3 is 2.31 bits per heavy atom. The minimum Gasteiger partial charge on any atom is -0.367 e. The normalized spacial score (nSPS) is 36.8. The number of unbranched alkanes of at least 4 members (excludes halogenated alkanes) is 1. The number of rotatable bonds is 6. The molecule has 3 fully saturated rings. The third-order valence-corrected chi connectivity index (χ3v) is 9.24. The zero-order valence-electron chi connectivity index (χ0n) is 21.8. The summed E-state index contributed by atoms with van der Waals surface area (Å²) in [6, 6.07) is 5.54. The van der Waals surface area contributed by atoms with E-state index in [-0.39, 0.29) is 36.4 Å². The molecule has 39 heavy (non-hydrogen) atoms. The Balaban J connectivity index is 1.32. The van der Waals surface area contributed by atoms with E-state index in [2.05, 4.69) is 10.6 Å². The van der Waals surface area contributed by atoms with E-state index in [1.165, 1.54) is 6.20 Å². The predicted octanol–water partition coefficient (Wildman–Crippen LogP) is 2.18. The number of carbonyl (C=O) groups excluding carboxylic acids is 4. The number of alkyl halides is 2. The Kier molecular flexibility index (Phi) is 6.87. The molecule has 1 aromatic rings. The molecule has 1 aromatic carbocycles.